The topological polar surface area (TPSA) is 81.9 Å². The van der Waals surface area contributed by atoms with Crippen LogP contribution < -0.4 is 9.64 Å². The van der Waals surface area contributed by atoms with Crippen LogP contribution in [0.4, 0.5) is 10.5 Å². The number of hydrogen-bond acceptors (Lipinski definition) is 7. The van der Waals surface area contributed by atoms with Crippen LogP contribution in [0, 0.1) is 5.92 Å². The lowest BCUT2D eigenvalue weighted by Gasteiger charge is -2.29. The van der Waals surface area contributed by atoms with E-state index in [1.165, 1.54) is 4.90 Å². The molecule has 7 nitrogen and oxygen atoms in total. The summed E-state index contributed by atoms with van der Waals surface area (Å²) in [6, 6.07) is 26.9. The fourth-order valence-electron chi connectivity index (χ4n) is 5.83. The van der Waals surface area contributed by atoms with Crippen molar-refractivity contribution in [1.29, 1.82) is 0 Å². The average molecular weight is 583 g/mol. The molecule has 6 rings (SSSR count). The summed E-state index contributed by atoms with van der Waals surface area (Å²) < 4.78 is 18.1. The second-order valence-corrected chi connectivity index (χ2v) is 12.0. The molecule has 0 N–H and O–H groups in total. The van der Waals surface area contributed by atoms with Crippen molar-refractivity contribution in [1.82, 2.24) is 4.98 Å². The molecular formula is C34H34N2O5S. The van der Waals surface area contributed by atoms with E-state index in [1.54, 1.807) is 19.2 Å². The smallest absolute Gasteiger partial charge is 0.293 e. The van der Waals surface area contributed by atoms with Crippen LogP contribution in [0.5, 0.6) is 5.75 Å². The van der Waals surface area contributed by atoms with E-state index < -0.39 is 0 Å². The first kappa shape index (κ1) is 28.2. The monoisotopic (exact) mass is 582 g/mol. The maximum Gasteiger partial charge on any atom is 0.293 e. The molecule has 2 aliphatic rings. The SMILES string of the molecule is COc1cccc(-c2nc(COC3CCCC(CCC4SC(=O)N(c5ccccc5)C4=O)C3)c(-c3ccccc3)o2)c1. The van der Waals surface area contributed by atoms with Crippen LogP contribution >= 0.6 is 11.8 Å². The molecule has 8 heteroatoms. The van der Waals surface area contributed by atoms with Crippen molar-refractivity contribution in [3.05, 3.63) is 90.6 Å². The molecule has 2 heterocycles. The van der Waals surface area contributed by atoms with Crippen molar-refractivity contribution in [3.8, 4) is 28.5 Å². The van der Waals surface area contributed by atoms with Gasteiger partial charge in [-0.2, -0.15) is 0 Å². The number of oxazole rings is 1. The van der Waals surface area contributed by atoms with Crippen molar-refractivity contribution in [2.75, 3.05) is 12.0 Å². The van der Waals surface area contributed by atoms with Gasteiger partial charge >= 0.3 is 0 Å². The third-order valence-corrected chi connectivity index (χ3v) is 9.12. The second kappa shape index (κ2) is 13.0. The predicted octanol–water partition coefficient (Wildman–Crippen LogP) is 8.14. The number of para-hydroxylation sites is 1. The number of aromatic nitrogens is 1. The number of nitrogens with zero attached hydrogens (tertiary/aromatic N) is 2. The number of ether oxygens (including phenoxy) is 2. The van der Waals surface area contributed by atoms with E-state index >= 15 is 0 Å². The fourth-order valence-corrected chi connectivity index (χ4v) is 6.84. The Morgan fingerprint density at radius 3 is 2.48 bits per heavy atom. The van der Waals surface area contributed by atoms with Crippen LogP contribution in [0.3, 0.4) is 0 Å². The second-order valence-electron chi connectivity index (χ2n) is 10.8. The number of amides is 2. The molecule has 0 spiro atoms. The molecule has 1 aliphatic carbocycles. The Balaban J connectivity index is 1.09. The Morgan fingerprint density at radius 2 is 1.69 bits per heavy atom. The first-order valence-corrected chi connectivity index (χ1v) is 15.4. The molecule has 0 bridgehead atoms. The highest BCUT2D eigenvalue weighted by atomic mass is 32.2. The molecule has 216 valence electrons. The Bertz CT molecular complexity index is 1520. The first-order valence-electron chi connectivity index (χ1n) is 14.5. The molecule has 1 aliphatic heterocycles. The van der Waals surface area contributed by atoms with Crippen molar-refractivity contribution >= 4 is 28.6 Å². The number of imide groups is 1. The Hall–Kier alpha value is -3.88. The van der Waals surface area contributed by atoms with Gasteiger partial charge in [-0.15, -0.1) is 0 Å². The van der Waals surface area contributed by atoms with Gasteiger partial charge < -0.3 is 13.9 Å². The maximum absolute atomic E-state index is 13.0. The summed E-state index contributed by atoms with van der Waals surface area (Å²) >= 11 is 1.16. The number of methoxy groups -OCH3 is 1. The number of anilines is 1. The van der Waals surface area contributed by atoms with E-state index in [0.29, 0.717) is 36.3 Å². The van der Waals surface area contributed by atoms with Crippen LogP contribution in [0.15, 0.2) is 89.3 Å². The molecule has 1 saturated heterocycles. The van der Waals surface area contributed by atoms with Crippen LogP contribution in [0.2, 0.25) is 0 Å². The number of benzene rings is 3. The molecule has 0 radical (unpaired) electrons. The number of hydrogen-bond donors (Lipinski definition) is 0. The number of carbonyl (C=O) groups excluding carboxylic acids is 2. The van der Waals surface area contributed by atoms with Crippen molar-refractivity contribution in [2.45, 2.75) is 56.5 Å². The molecule has 3 unspecified atom stereocenters. The molecule has 4 aromatic rings. The molecular weight excluding hydrogens is 548 g/mol. The summed E-state index contributed by atoms with van der Waals surface area (Å²) in [5, 5.41) is -0.506. The van der Waals surface area contributed by atoms with E-state index in [1.807, 2.05) is 72.8 Å². The lowest BCUT2D eigenvalue weighted by atomic mass is 9.84. The fraction of sp³-hybridized carbons (Fsp3) is 0.324. The number of thioether (sulfide) groups is 1. The molecule has 3 aromatic carbocycles. The van der Waals surface area contributed by atoms with Crippen LogP contribution in [-0.4, -0.2) is 34.6 Å². The van der Waals surface area contributed by atoms with Gasteiger partial charge in [0.1, 0.15) is 11.4 Å². The van der Waals surface area contributed by atoms with E-state index in [2.05, 4.69) is 0 Å². The van der Waals surface area contributed by atoms with Gasteiger partial charge in [0, 0.05) is 11.1 Å². The summed E-state index contributed by atoms with van der Waals surface area (Å²) in [7, 11) is 1.64. The van der Waals surface area contributed by atoms with Gasteiger partial charge in [0.05, 0.1) is 30.8 Å². The minimum Gasteiger partial charge on any atom is -0.497 e. The Labute approximate surface area is 250 Å². The largest absolute Gasteiger partial charge is 0.497 e. The molecule has 42 heavy (non-hydrogen) atoms. The maximum atomic E-state index is 13.0. The zero-order valence-electron chi connectivity index (χ0n) is 23.6. The van der Waals surface area contributed by atoms with E-state index in [-0.39, 0.29) is 22.5 Å². The lowest BCUT2D eigenvalue weighted by Crippen LogP contribution is -2.31. The Kier molecular flexibility index (Phi) is 8.72. The quantitative estimate of drug-likeness (QED) is 0.187. The third kappa shape index (κ3) is 6.30. The van der Waals surface area contributed by atoms with Gasteiger partial charge in [-0.05, 0) is 61.9 Å². The van der Waals surface area contributed by atoms with Crippen molar-refractivity contribution in [2.24, 2.45) is 5.92 Å². The van der Waals surface area contributed by atoms with E-state index in [9.17, 15) is 9.59 Å². The standard InChI is InChI=1S/C34H34N2O5S/c1-39-27-16-9-13-25(21-27)32-35-29(31(41-32)24-11-4-2-5-12-24)22-40-28-17-8-10-23(20-28)18-19-30-33(37)36(34(38)42-30)26-14-6-3-7-15-26/h2-7,9,11-16,21,23,28,30H,8,10,17-20,22H2,1H3. The highest BCUT2D eigenvalue weighted by Gasteiger charge is 2.40. The lowest BCUT2D eigenvalue weighted by molar-refractivity contribution is -0.117. The first-order chi connectivity index (χ1) is 20.6. The van der Waals surface area contributed by atoms with Crippen LogP contribution in [0.25, 0.3) is 22.8 Å². The van der Waals surface area contributed by atoms with Gasteiger partial charge in [0.2, 0.25) is 11.8 Å². The highest BCUT2D eigenvalue weighted by molar-refractivity contribution is 8.15. The van der Waals surface area contributed by atoms with E-state index in [4.69, 9.17) is 18.9 Å². The van der Waals surface area contributed by atoms with Gasteiger partial charge in [0.25, 0.3) is 5.24 Å². The van der Waals surface area contributed by atoms with Crippen molar-refractivity contribution < 1.29 is 23.5 Å². The molecule has 3 atom stereocenters. The summed E-state index contributed by atoms with van der Waals surface area (Å²) in [5.74, 6) is 2.34. The summed E-state index contributed by atoms with van der Waals surface area (Å²) in [6.45, 7) is 0.354. The summed E-state index contributed by atoms with van der Waals surface area (Å²) in [4.78, 5) is 31.8. The zero-order chi connectivity index (χ0) is 28.9. The summed E-state index contributed by atoms with van der Waals surface area (Å²) in [5.41, 5.74) is 3.22. The van der Waals surface area contributed by atoms with Crippen LogP contribution in [-0.2, 0) is 16.1 Å². The Morgan fingerprint density at radius 1 is 0.929 bits per heavy atom. The third-order valence-electron chi connectivity index (χ3n) is 8.01. The summed E-state index contributed by atoms with van der Waals surface area (Å²) in [6.07, 6.45) is 5.83. The average Bonchev–Trinajstić information content (AvgIpc) is 3.60. The van der Waals surface area contributed by atoms with Crippen molar-refractivity contribution in [3.63, 3.8) is 0 Å². The van der Waals surface area contributed by atoms with Gasteiger partial charge in [0.15, 0.2) is 5.76 Å². The van der Waals surface area contributed by atoms with Gasteiger partial charge in [-0.1, -0.05) is 79.2 Å². The van der Waals surface area contributed by atoms with Gasteiger partial charge in [-0.3, -0.25) is 9.59 Å². The highest BCUT2D eigenvalue weighted by Crippen LogP contribution is 2.38. The minimum atomic E-state index is -0.322. The van der Waals surface area contributed by atoms with E-state index in [0.717, 1.165) is 66.4 Å². The number of carbonyl (C=O) groups is 2. The predicted molar refractivity (Wildman–Crippen MR) is 164 cm³/mol. The number of rotatable bonds is 10. The zero-order valence-corrected chi connectivity index (χ0v) is 24.4. The molecule has 1 saturated carbocycles. The molecule has 1 aromatic heterocycles. The van der Waals surface area contributed by atoms with Gasteiger partial charge in [-0.25, -0.2) is 9.88 Å². The van der Waals surface area contributed by atoms with Crippen LogP contribution in [0.1, 0.15) is 44.2 Å². The minimum absolute atomic E-state index is 0.105. The molecule has 2 amide bonds. The molecule has 2 fully saturated rings. The normalized spacial score (nSPS) is 20.7.